The van der Waals surface area contributed by atoms with Gasteiger partial charge in [-0.2, -0.15) is 0 Å². The predicted molar refractivity (Wildman–Crippen MR) is 57.0 cm³/mol. The monoisotopic (exact) mass is 261 g/mol. The number of rotatable bonds is 1. The summed E-state index contributed by atoms with van der Waals surface area (Å²) in [6.45, 7) is 0. The fraction of sp³-hybridized carbons (Fsp3) is 0.667. The molecule has 0 aromatic carbocycles. The van der Waals surface area contributed by atoms with Crippen molar-refractivity contribution in [1.29, 1.82) is 0 Å². The summed E-state index contributed by atoms with van der Waals surface area (Å²) in [6, 6.07) is 0. The quantitative estimate of drug-likeness (QED) is 0.844. The number of nitrogens with zero attached hydrogens (tertiary/aromatic N) is 1. The van der Waals surface area contributed by atoms with E-state index in [1.165, 1.54) is 6.42 Å². The minimum Gasteiger partial charge on any atom is -0.392 e. The maximum Gasteiger partial charge on any atom is 0.117 e. The molecule has 1 aromatic rings. The first-order valence-corrected chi connectivity index (χ1v) is 6.23. The Balaban J connectivity index is 2.14. The Labute approximate surface area is 90.1 Å². The second-order valence-electron chi connectivity index (χ2n) is 3.47. The highest BCUT2D eigenvalue weighted by atomic mass is 79.9. The van der Waals surface area contributed by atoms with E-state index in [-0.39, 0.29) is 12.0 Å². The van der Waals surface area contributed by atoms with E-state index in [0.717, 1.165) is 28.9 Å². The third kappa shape index (κ3) is 2.11. The second-order valence-corrected chi connectivity index (χ2v) is 5.17. The lowest BCUT2D eigenvalue weighted by atomic mass is 9.87. The van der Waals surface area contributed by atoms with Crippen molar-refractivity contribution < 1.29 is 5.11 Å². The van der Waals surface area contributed by atoms with Gasteiger partial charge in [-0.3, -0.25) is 0 Å². The van der Waals surface area contributed by atoms with E-state index in [4.69, 9.17) is 0 Å². The molecule has 0 unspecified atom stereocenters. The molecule has 0 spiro atoms. The van der Waals surface area contributed by atoms with E-state index >= 15 is 0 Å². The Morgan fingerprint density at radius 1 is 1.46 bits per heavy atom. The Hall–Kier alpha value is 0.0700. The summed E-state index contributed by atoms with van der Waals surface area (Å²) in [5.41, 5.74) is 0. The Kier molecular flexibility index (Phi) is 3.01. The maximum absolute atomic E-state index is 9.78. The molecule has 1 fully saturated rings. The fourth-order valence-electron chi connectivity index (χ4n) is 1.84. The van der Waals surface area contributed by atoms with Gasteiger partial charge in [0, 0.05) is 11.3 Å². The lowest BCUT2D eigenvalue weighted by molar-refractivity contribution is 0.106. The first kappa shape index (κ1) is 9.62. The normalized spacial score (nSPS) is 29.1. The van der Waals surface area contributed by atoms with Crippen molar-refractivity contribution in [2.45, 2.75) is 37.7 Å². The van der Waals surface area contributed by atoms with E-state index in [1.54, 1.807) is 11.3 Å². The van der Waals surface area contributed by atoms with Gasteiger partial charge in [-0.1, -0.05) is 12.8 Å². The van der Waals surface area contributed by atoms with E-state index in [9.17, 15) is 5.11 Å². The fourth-order valence-corrected chi connectivity index (χ4v) is 3.30. The Morgan fingerprint density at radius 3 is 2.85 bits per heavy atom. The van der Waals surface area contributed by atoms with Crippen LogP contribution in [0.1, 0.15) is 36.6 Å². The third-order valence-electron chi connectivity index (χ3n) is 2.54. The first-order valence-electron chi connectivity index (χ1n) is 4.56. The van der Waals surface area contributed by atoms with Crippen LogP contribution in [0, 0.1) is 0 Å². The minimum absolute atomic E-state index is 0.174. The molecule has 0 radical (unpaired) electrons. The number of aliphatic hydroxyl groups is 1. The molecule has 1 heterocycles. The van der Waals surface area contributed by atoms with Crippen LogP contribution in [0.4, 0.5) is 0 Å². The first-order chi connectivity index (χ1) is 6.27. The van der Waals surface area contributed by atoms with Crippen molar-refractivity contribution in [1.82, 2.24) is 4.98 Å². The van der Waals surface area contributed by atoms with Crippen molar-refractivity contribution in [3.05, 3.63) is 15.0 Å². The highest BCUT2D eigenvalue weighted by Gasteiger charge is 2.26. The van der Waals surface area contributed by atoms with Crippen LogP contribution < -0.4 is 0 Å². The van der Waals surface area contributed by atoms with Crippen molar-refractivity contribution in [3.8, 4) is 0 Å². The molecule has 72 valence electrons. The predicted octanol–water partition coefficient (Wildman–Crippen LogP) is 2.92. The minimum atomic E-state index is -0.174. The van der Waals surface area contributed by atoms with Gasteiger partial charge in [0.15, 0.2) is 0 Å². The van der Waals surface area contributed by atoms with Crippen LogP contribution >= 0.6 is 27.3 Å². The molecule has 1 aliphatic carbocycles. The molecule has 2 rings (SSSR count). The Bertz CT molecular complexity index is 289. The summed E-state index contributed by atoms with van der Waals surface area (Å²) in [6.07, 6.45) is 4.22. The molecule has 1 aromatic heterocycles. The molecule has 0 saturated heterocycles. The van der Waals surface area contributed by atoms with Crippen LogP contribution in [0.5, 0.6) is 0 Å². The van der Waals surface area contributed by atoms with Gasteiger partial charge in [-0.05, 0) is 28.8 Å². The summed E-state index contributed by atoms with van der Waals surface area (Å²) in [5.74, 6) is 0.282. The summed E-state index contributed by atoms with van der Waals surface area (Å²) in [5, 5.41) is 12.8. The molecule has 1 N–H and O–H groups in total. The average Bonchev–Trinajstić information content (AvgIpc) is 2.53. The van der Waals surface area contributed by atoms with Gasteiger partial charge in [0.05, 0.1) is 11.1 Å². The van der Waals surface area contributed by atoms with E-state index in [0.29, 0.717) is 0 Å². The molecular formula is C9H12BrNOS. The van der Waals surface area contributed by atoms with Gasteiger partial charge in [-0.15, -0.1) is 11.3 Å². The topological polar surface area (TPSA) is 33.1 Å². The standard InChI is InChI=1S/C9H12BrNOS/c10-8-5-13-9(11-8)6-3-1-2-4-7(6)12/h5-7,12H,1-4H2/t6-,7-/m1/s1. The Morgan fingerprint density at radius 2 is 2.23 bits per heavy atom. The highest BCUT2D eigenvalue weighted by Crippen LogP contribution is 2.35. The van der Waals surface area contributed by atoms with Crippen LogP contribution in [0.2, 0.25) is 0 Å². The van der Waals surface area contributed by atoms with Crippen LogP contribution in [0.3, 0.4) is 0 Å². The smallest absolute Gasteiger partial charge is 0.117 e. The zero-order valence-corrected chi connectivity index (χ0v) is 9.64. The second kappa shape index (κ2) is 4.07. The molecular weight excluding hydrogens is 250 g/mol. The third-order valence-corrected chi connectivity index (χ3v) is 4.23. The van der Waals surface area contributed by atoms with E-state index in [1.807, 2.05) is 5.38 Å². The van der Waals surface area contributed by atoms with E-state index < -0.39 is 0 Å². The van der Waals surface area contributed by atoms with Gasteiger partial charge in [-0.25, -0.2) is 4.98 Å². The van der Waals surface area contributed by atoms with Gasteiger partial charge >= 0.3 is 0 Å². The SMILES string of the molecule is O[C@@H]1CCCC[C@H]1c1nc(Br)cs1. The lowest BCUT2D eigenvalue weighted by Crippen LogP contribution is -2.22. The summed E-state index contributed by atoms with van der Waals surface area (Å²) < 4.78 is 0.894. The molecule has 13 heavy (non-hydrogen) atoms. The number of halogens is 1. The molecule has 2 nitrogen and oxygen atoms in total. The van der Waals surface area contributed by atoms with Crippen molar-refractivity contribution in [2.75, 3.05) is 0 Å². The molecule has 0 amide bonds. The molecule has 2 atom stereocenters. The van der Waals surface area contributed by atoms with Crippen LogP contribution in [0.25, 0.3) is 0 Å². The van der Waals surface area contributed by atoms with E-state index in [2.05, 4.69) is 20.9 Å². The summed E-state index contributed by atoms with van der Waals surface area (Å²) in [7, 11) is 0. The largest absolute Gasteiger partial charge is 0.392 e. The number of hydrogen-bond acceptors (Lipinski definition) is 3. The average molecular weight is 262 g/mol. The van der Waals surface area contributed by atoms with Crippen LogP contribution in [-0.4, -0.2) is 16.2 Å². The molecule has 1 saturated carbocycles. The molecule has 0 bridgehead atoms. The van der Waals surface area contributed by atoms with Gasteiger partial charge in [0.25, 0.3) is 0 Å². The zero-order chi connectivity index (χ0) is 9.26. The molecule has 0 aliphatic heterocycles. The van der Waals surface area contributed by atoms with Crippen molar-refractivity contribution >= 4 is 27.3 Å². The van der Waals surface area contributed by atoms with Crippen LogP contribution in [-0.2, 0) is 0 Å². The maximum atomic E-state index is 9.78. The van der Waals surface area contributed by atoms with Gasteiger partial charge in [0.2, 0.25) is 0 Å². The number of aliphatic hydroxyl groups excluding tert-OH is 1. The van der Waals surface area contributed by atoms with Gasteiger partial charge < -0.3 is 5.11 Å². The number of aromatic nitrogens is 1. The number of thiazole rings is 1. The van der Waals surface area contributed by atoms with Crippen molar-refractivity contribution in [3.63, 3.8) is 0 Å². The van der Waals surface area contributed by atoms with Crippen LogP contribution in [0.15, 0.2) is 9.98 Å². The van der Waals surface area contributed by atoms with Crippen molar-refractivity contribution in [2.24, 2.45) is 0 Å². The zero-order valence-electron chi connectivity index (χ0n) is 7.24. The summed E-state index contributed by atoms with van der Waals surface area (Å²) >= 11 is 4.98. The lowest BCUT2D eigenvalue weighted by Gasteiger charge is -2.25. The molecule has 1 aliphatic rings. The molecule has 4 heteroatoms. The number of hydrogen-bond donors (Lipinski definition) is 1. The summed E-state index contributed by atoms with van der Waals surface area (Å²) in [4.78, 5) is 4.36. The highest BCUT2D eigenvalue weighted by molar-refractivity contribution is 9.10. The van der Waals surface area contributed by atoms with Gasteiger partial charge in [0.1, 0.15) is 4.60 Å².